The highest BCUT2D eigenvalue weighted by Crippen LogP contribution is 2.46. The number of hydrogen-bond acceptors (Lipinski definition) is 24. The minimum Gasteiger partial charge on any atom is -0.391 e. The van der Waals surface area contributed by atoms with Crippen molar-refractivity contribution in [3.63, 3.8) is 0 Å². The molecular formula is C111H125N11O15S5. The zero-order chi connectivity index (χ0) is 101. The largest absolute Gasteiger partial charge is 0.391 e. The van der Waals surface area contributed by atoms with Crippen molar-refractivity contribution in [1.29, 1.82) is 0 Å². The Kier molecular flexibility index (Phi) is 34.4. The van der Waals surface area contributed by atoms with Crippen molar-refractivity contribution < 1.29 is 73.2 Å². The van der Waals surface area contributed by atoms with Crippen LogP contribution in [0.25, 0.3) is 41.8 Å². The number of benzene rings is 7. The molecule has 6 aliphatic heterocycles. The third-order valence-corrected chi connectivity index (χ3v) is 32.4. The molecule has 26 nitrogen and oxygen atoms in total. The molecule has 4 saturated heterocycles. The third-order valence-electron chi connectivity index (χ3n) is 28.1. The summed E-state index contributed by atoms with van der Waals surface area (Å²) in [5.74, 6) is -1.19. The number of thiazole rings is 4. The van der Waals surface area contributed by atoms with Gasteiger partial charge in [0.25, 0.3) is 17.7 Å². The van der Waals surface area contributed by atoms with Gasteiger partial charge in [-0.3, -0.25) is 52.7 Å². The van der Waals surface area contributed by atoms with Gasteiger partial charge in [-0.25, -0.2) is 19.9 Å². The summed E-state index contributed by atoms with van der Waals surface area (Å²) >= 11 is 10.7. The van der Waals surface area contributed by atoms with E-state index in [1.807, 2.05) is 194 Å². The number of carbonyl (C=O) groups is 11. The average Bonchev–Trinajstić information content (AvgIpc) is 1.55. The molecule has 5 N–H and O–H groups in total. The standard InChI is InChI=1S/C31H35N3O4S.C30H31N3O4S.C26H35N3O4S2.C24H24N2O3S/c1-19-27(39-18-32-19)21-12-9-20(10-13-21)11-14-26(36)25-15-23(35)17-33(25)30(38)28(31(2,3)4)34-16-22-7-5-6-8-24(22)29(34)37;1-19-27(38-18-31-19)21-10-7-20(8-11-21)9-12-26(35)25-15-23(34)17-32(25)29(37)30(13-4-14-30)33-16-22-5-2-3-6-24(22)28(33)36;1-16(2)4-11-24(32)28-21(14-34)26(33)29-13-20(30)12-22(29)23(31)10-7-18-5-8-19(9-6-18)25-17(3)27-15-35-25;1-16-23(30-15-25-16)18-10-7-17(8-11-18)9-12-22(28)21-13-20(27)14-26(21)24(29)19-5-3-2-4-6-19/h5-10,12-13,18,23,25,28,35H,11,14-17H2,1-4H3;2-3,5-8,10-11,18,23,25,34H,4,9,12-17H2,1H3;5-6,8-9,15-16,20-22,30,34H,4,7,10-14H2,1-3H3,(H,28,32);2-8,10-11,15,20-21,27H,9,12-14H2,1H3/t23-,25+,28-;23-,25+;20-,21+,22+;20-,21+/m1111/s1. The van der Waals surface area contributed by atoms with Crippen LogP contribution in [0.3, 0.4) is 0 Å². The summed E-state index contributed by atoms with van der Waals surface area (Å²) in [5.41, 5.74) is 22.2. The average molecular weight is 2010 g/mol. The minimum absolute atomic E-state index is 0.00166. The van der Waals surface area contributed by atoms with Crippen LogP contribution in [0, 0.1) is 39.0 Å². The smallest absolute Gasteiger partial charge is 0.255 e. The first-order valence-electron chi connectivity index (χ1n) is 48.9. The molecular weight excluding hydrogens is 1890 g/mol. The molecule has 142 heavy (non-hydrogen) atoms. The van der Waals surface area contributed by atoms with Crippen molar-refractivity contribution in [2.24, 2.45) is 11.3 Å². The Morgan fingerprint density at radius 2 is 0.782 bits per heavy atom. The summed E-state index contributed by atoms with van der Waals surface area (Å²) in [6.45, 7) is 19.1. The van der Waals surface area contributed by atoms with Gasteiger partial charge in [-0.05, 0) is 170 Å². The number of ketones is 4. The summed E-state index contributed by atoms with van der Waals surface area (Å²) in [6, 6.07) is 52.3. The molecule has 5 fully saturated rings. The molecule has 7 aromatic carbocycles. The van der Waals surface area contributed by atoms with E-state index in [0.29, 0.717) is 99.9 Å². The number of aliphatic hydroxyl groups excluding tert-OH is 4. The summed E-state index contributed by atoms with van der Waals surface area (Å²) in [6.07, 6.45) is 4.64. The number of carbonyl (C=O) groups excluding carboxylic acids is 11. The highest BCUT2D eigenvalue weighted by atomic mass is 32.1. The van der Waals surface area contributed by atoms with Gasteiger partial charge in [0.2, 0.25) is 23.6 Å². The van der Waals surface area contributed by atoms with Gasteiger partial charge in [-0.15, -0.1) is 45.3 Å². The molecule has 4 aromatic heterocycles. The zero-order valence-electron chi connectivity index (χ0n) is 81.7. The van der Waals surface area contributed by atoms with Gasteiger partial charge >= 0.3 is 0 Å². The monoisotopic (exact) mass is 2010 g/mol. The van der Waals surface area contributed by atoms with Gasteiger partial charge in [0.1, 0.15) is 17.6 Å². The molecule has 11 aromatic rings. The molecule has 1 aliphatic carbocycles. The number of fused-ring (bicyclic) bond motifs is 2. The number of rotatable bonds is 31. The molecule has 0 radical (unpaired) electrons. The number of amides is 7. The summed E-state index contributed by atoms with van der Waals surface area (Å²) < 4.78 is 0. The Balaban J connectivity index is 0.000000143. The Hall–Kier alpha value is -11.8. The first kappa shape index (κ1) is 105. The summed E-state index contributed by atoms with van der Waals surface area (Å²) in [4.78, 5) is 177. The van der Waals surface area contributed by atoms with Gasteiger partial charge < -0.3 is 55.1 Å². The second-order valence-corrected chi connectivity index (χ2v) is 43.4. The topological polar surface area (TPSA) is 352 Å². The van der Waals surface area contributed by atoms with Crippen LogP contribution in [0.1, 0.15) is 205 Å². The van der Waals surface area contributed by atoms with E-state index in [-0.39, 0.29) is 129 Å². The normalized spacial score (nSPS) is 19.8. The van der Waals surface area contributed by atoms with Gasteiger partial charge in [0, 0.05) is 119 Å². The van der Waals surface area contributed by atoms with Gasteiger partial charge in [-0.1, -0.05) is 186 Å². The Bertz CT molecular complexity index is 6350. The number of thiol groups is 1. The van der Waals surface area contributed by atoms with Crippen molar-refractivity contribution in [3.8, 4) is 41.8 Å². The number of nitrogens with zero attached hydrogens (tertiary/aromatic N) is 10. The lowest BCUT2D eigenvalue weighted by atomic mass is 9.73. The number of aromatic nitrogens is 4. The molecule has 18 rings (SSSR count). The SMILES string of the molecule is Cc1ncsc1-c1ccc(CCC(=O)[C@@H]2C[C@@H](O)CN2C(=O)C2(N3Cc4ccccc4C3=O)CCC2)cc1.Cc1ncsc1-c1ccc(CCC(=O)[C@@H]2C[C@@H](O)CN2C(=O)[C@@H](N2Cc3ccccc3C2=O)C(C)(C)C)cc1.Cc1ncsc1-c1ccc(CCC(=O)[C@@H]2C[C@@H](O)CN2C(=O)[C@H](CS)NC(=O)CCC(C)C)cc1.Cc1ncsc1-c1ccc(CCC(=O)[C@@H]2C[C@@H](O)CN2C(=O)c2ccccc2)cc1. The summed E-state index contributed by atoms with van der Waals surface area (Å²) in [7, 11) is 0. The van der Waals surface area contributed by atoms with Crippen LogP contribution in [-0.2, 0) is 77.1 Å². The fraction of sp³-hybridized carbons (Fsp3) is 0.414. The van der Waals surface area contributed by atoms with Gasteiger partial charge in [0.15, 0.2) is 23.1 Å². The van der Waals surface area contributed by atoms with Crippen molar-refractivity contribution in [2.75, 3.05) is 31.9 Å². The maximum absolute atomic E-state index is 14.1. The Morgan fingerprint density at radius 3 is 1.13 bits per heavy atom. The lowest BCUT2D eigenvalue weighted by Gasteiger charge is -2.49. The van der Waals surface area contributed by atoms with Crippen molar-refractivity contribution in [1.82, 2.24) is 54.7 Å². The van der Waals surface area contributed by atoms with E-state index in [9.17, 15) is 73.2 Å². The highest BCUT2D eigenvalue weighted by molar-refractivity contribution is 7.80. The molecule has 10 heterocycles. The van der Waals surface area contributed by atoms with Crippen LogP contribution in [-0.4, -0.2) is 232 Å². The van der Waals surface area contributed by atoms with Gasteiger partial charge in [0.05, 0.1) is 113 Å². The number of likely N-dealkylation sites (tertiary alicyclic amines) is 4. The second-order valence-electron chi connectivity index (χ2n) is 39.6. The van der Waals surface area contributed by atoms with Crippen molar-refractivity contribution in [2.45, 2.75) is 251 Å². The molecule has 0 unspecified atom stereocenters. The van der Waals surface area contributed by atoms with Crippen molar-refractivity contribution in [3.05, 3.63) is 271 Å². The predicted molar refractivity (Wildman–Crippen MR) is 555 cm³/mol. The lowest BCUT2D eigenvalue weighted by molar-refractivity contribution is -0.152. The predicted octanol–water partition coefficient (Wildman–Crippen LogP) is 16.1. The second kappa shape index (κ2) is 46.7. The van der Waals surface area contributed by atoms with Crippen LogP contribution in [0.4, 0.5) is 0 Å². The number of nitrogens with one attached hydrogen (secondary N) is 1. The highest BCUT2D eigenvalue weighted by Gasteiger charge is 2.58. The Labute approximate surface area is 850 Å². The lowest BCUT2D eigenvalue weighted by Crippen LogP contribution is -2.64. The summed E-state index contributed by atoms with van der Waals surface area (Å²) in [5, 5.41) is 44.1. The molecule has 10 atom stereocenters. The van der Waals surface area contributed by atoms with E-state index in [1.54, 1.807) is 90.4 Å². The van der Waals surface area contributed by atoms with Crippen LogP contribution >= 0.6 is 58.0 Å². The molecule has 0 spiro atoms. The molecule has 7 amide bonds. The van der Waals surface area contributed by atoms with E-state index in [1.165, 1.54) is 14.7 Å². The van der Waals surface area contributed by atoms with Crippen LogP contribution in [0.15, 0.2) is 198 Å². The van der Waals surface area contributed by atoms with Crippen LogP contribution in [0.2, 0.25) is 0 Å². The van der Waals surface area contributed by atoms with Crippen LogP contribution in [0.5, 0.6) is 0 Å². The van der Waals surface area contributed by atoms with E-state index in [2.05, 4.69) is 74.3 Å². The number of aliphatic hydroxyl groups is 4. The molecule has 0 bridgehead atoms. The maximum Gasteiger partial charge on any atom is 0.255 e. The fourth-order valence-corrected chi connectivity index (χ4v) is 23.7. The molecule has 7 aliphatic rings. The first-order chi connectivity index (χ1) is 68.1. The van der Waals surface area contributed by atoms with E-state index < -0.39 is 71.6 Å². The first-order valence-corrected chi connectivity index (χ1v) is 53.1. The van der Waals surface area contributed by atoms with Crippen LogP contribution < -0.4 is 5.32 Å². The molecule has 31 heteroatoms. The number of hydrogen-bond donors (Lipinski definition) is 6. The fourth-order valence-electron chi connectivity index (χ4n) is 20.2. The maximum atomic E-state index is 14.1. The number of Topliss-reactive ketones (excluding diaryl/α,β-unsaturated/α-hetero) is 4. The third kappa shape index (κ3) is 24.5. The van der Waals surface area contributed by atoms with Gasteiger partial charge in [-0.2, -0.15) is 12.6 Å². The van der Waals surface area contributed by atoms with E-state index >= 15 is 0 Å². The van der Waals surface area contributed by atoms with E-state index in [4.69, 9.17) is 0 Å². The molecule has 1 saturated carbocycles. The zero-order valence-corrected chi connectivity index (χ0v) is 85.9. The molecule has 744 valence electrons. The Morgan fingerprint density at radius 1 is 0.437 bits per heavy atom. The quantitative estimate of drug-likeness (QED) is 0.0220. The van der Waals surface area contributed by atoms with Crippen molar-refractivity contribution >= 4 is 122 Å². The van der Waals surface area contributed by atoms with E-state index in [0.717, 1.165) is 111 Å². The number of aryl methyl sites for hydroxylation is 8. The number of β-amino-alcohol motifs (C(OH)–C–C–N with tert-alkyl or cyclic N) is 4. The minimum atomic E-state index is -0.927.